The number of benzene rings is 1. The lowest BCUT2D eigenvalue weighted by molar-refractivity contribution is -0.970. The molecule has 3 rings (SSSR count). The van der Waals surface area contributed by atoms with Gasteiger partial charge in [0.25, 0.3) is 0 Å². The first-order chi connectivity index (χ1) is 15.4. The number of hydrogen-bond acceptors (Lipinski definition) is 4. The Morgan fingerprint density at radius 3 is 2.50 bits per heavy atom. The molecule has 1 N–H and O–H groups in total. The third kappa shape index (κ3) is 5.59. The maximum atomic E-state index is 13.2. The number of amides is 1. The van der Waals surface area contributed by atoms with Gasteiger partial charge in [-0.25, -0.2) is 0 Å². The van der Waals surface area contributed by atoms with Crippen molar-refractivity contribution < 1.29 is 18.8 Å². The Hall–Kier alpha value is -1.76. The van der Waals surface area contributed by atoms with Crippen molar-refractivity contribution in [3.8, 4) is 0 Å². The van der Waals surface area contributed by atoms with E-state index in [9.17, 15) is 9.59 Å². The Balaban J connectivity index is 1.57. The third-order valence-corrected chi connectivity index (χ3v) is 7.80. The van der Waals surface area contributed by atoms with Gasteiger partial charge in [0, 0.05) is 5.69 Å². The van der Waals surface area contributed by atoms with Crippen molar-refractivity contribution in [1.29, 1.82) is 0 Å². The number of piperidine rings is 1. The zero-order valence-corrected chi connectivity index (χ0v) is 20.4. The number of morpholine rings is 1. The van der Waals surface area contributed by atoms with Crippen molar-refractivity contribution in [2.75, 3.05) is 44.7 Å². The van der Waals surface area contributed by atoms with E-state index in [1.165, 1.54) is 0 Å². The molecule has 3 unspecified atom stereocenters. The lowest BCUT2D eigenvalue weighted by atomic mass is 9.99. The van der Waals surface area contributed by atoms with Crippen LogP contribution in [0.2, 0.25) is 0 Å². The third-order valence-electron chi connectivity index (χ3n) is 7.80. The van der Waals surface area contributed by atoms with Gasteiger partial charge in [0.15, 0.2) is 6.29 Å². The first-order valence-corrected chi connectivity index (χ1v) is 12.4. The summed E-state index contributed by atoms with van der Waals surface area (Å²) in [5, 5.41) is 3.22. The number of ether oxygens (including phenoxy) is 1. The number of aryl methyl sites for hydroxylation is 2. The number of nitrogens with one attached hydrogen (secondary N) is 1. The summed E-state index contributed by atoms with van der Waals surface area (Å²) in [4.78, 5) is 27.0. The van der Waals surface area contributed by atoms with Crippen LogP contribution in [0.15, 0.2) is 18.2 Å². The van der Waals surface area contributed by atoms with Crippen molar-refractivity contribution >= 4 is 17.9 Å². The topological polar surface area (TPSA) is 58.6 Å². The molecule has 2 aliphatic rings. The van der Waals surface area contributed by atoms with Gasteiger partial charge in [-0.3, -0.25) is 14.5 Å². The first-order valence-electron chi connectivity index (χ1n) is 12.4. The second-order valence-electron chi connectivity index (χ2n) is 9.92. The van der Waals surface area contributed by atoms with Gasteiger partial charge >= 0.3 is 0 Å². The van der Waals surface area contributed by atoms with Gasteiger partial charge in [0.05, 0.1) is 25.8 Å². The normalized spacial score (nSPS) is 28.9. The Labute approximate surface area is 193 Å². The number of likely N-dealkylation sites (tertiary alicyclic amines) is 1. The van der Waals surface area contributed by atoms with Gasteiger partial charge < -0.3 is 14.5 Å². The fourth-order valence-corrected chi connectivity index (χ4v) is 5.67. The molecule has 2 heterocycles. The summed E-state index contributed by atoms with van der Waals surface area (Å²) in [7, 11) is 0. The number of aldehydes is 1. The van der Waals surface area contributed by atoms with E-state index in [1.54, 1.807) is 0 Å². The SMILES string of the molecule is Cc1cccc(C)c1NC(=O)C1CCCCN1CCCC[N+]1(CC=O)C(C)COCC1C. The molecule has 1 amide bonds. The Kier molecular flexibility index (Phi) is 8.86. The van der Waals surface area contributed by atoms with Crippen LogP contribution in [-0.2, 0) is 14.3 Å². The molecule has 2 fully saturated rings. The summed E-state index contributed by atoms with van der Waals surface area (Å²) in [6.07, 6.45) is 6.38. The molecule has 32 heavy (non-hydrogen) atoms. The molecule has 0 saturated carbocycles. The Morgan fingerprint density at radius 1 is 1.16 bits per heavy atom. The van der Waals surface area contributed by atoms with Gasteiger partial charge in [-0.05, 0) is 77.6 Å². The lowest BCUT2D eigenvalue weighted by Crippen LogP contribution is -2.66. The molecule has 6 heteroatoms. The van der Waals surface area contributed by atoms with Gasteiger partial charge in [0.2, 0.25) is 5.91 Å². The highest BCUT2D eigenvalue weighted by Gasteiger charge is 2.42. The Morgan fingerprint density at radius 2 is 1.84 bits per heavy atom. The van der Waals surface area contributed by atoms with E-state index in [0.29, 0.717) is 18.6 Å². The molecule has 178 valence electrons. The van der Waals surface area contributed by atoms with Crippen molar-refractivity contribution in [2.24, 2.45) is 0 Å². The molecule has 0 bridgehead atoms. The van der Waals surface area contributed by atoms with Gasteiger partial charge in [-0.15, -0.1) is 0 Å². The maximum Gasteiger partial charge on any atom is 0.241 e. The maximum absolute atomic E-state index is 13.2. The molecule has 0 radical (unpaired) electrons. The van der Waals surface area contributed by atoms with Crippen LogP contribution in [0.4, 0.5) is 5.69 Å². The fraction of sp³-hybridized carbons (Fsp3) is 0.692. The van der Waals surface area contributed by atoms with E-state index in [2.05, 4.69) is 24.1 Å². The van der Waals surface area contributed by atoms with Crippen molar-refractivity contribution in [3.05, 3.63) is 29.3 Å². The summed E-state index contributed by atoms with van der Waals surface area (Å²) < 4.78 is 6.55. The van der Waals surface area contributed by atoms with Crippen LogP contribution in [-0.4, -0.2) is 79.1 Å². The van der Waals surface area contributed by atoms with Crippen LogP contribution in [0.25, 0.3) is 0 Å². The zero-order valence-electron chi connectivity index (χ0n) is 20.4. The predicted molar refractivity (Wildman–Crippen MR) is 129 cm³/mol. The number of anilines is 1. The molecule has 6 nitrogen and oxygen atoms in total. The Bertz CT molecular complexity index is 751. The number of carbonyl (C=O) groups excluding carboxylic acids is 2. The molecule has 2 aliphatic heterocycles. The highest BCUT2D eigenvalue weighted by Crippen LogP contribution is 2.26. The monoisotopic (exact) mass is 444 g/mol. The average molecular weight is 445 g/mol. The standard InChI is InChI=1S/C26H41N3O3/c1-20-10-9-11-21(2)25(20)27-26(31)24-12-5-6-13-28(24)14-7-8-15-29(16-17-30)22(3)18-32-19-23(29)4/h9-11,17,22-24H,5-8,12-16,18-19H2,1-4H3/p+1. The van der Waals surface area contributed by atoms with Crippen LogP contribution in [0, 0.1) is 13.8 Å². The van der Waals surface area contributed by atoms with Gasteiger partial charge in [0.1, 0.15) is 18.6 Å². The van der Waals surface area contributed by atoms with E-state index >= 15 is 0 Å². The molecule has 1 aromatic carbocycles. The fourth-order valence-electron chi connectivity index (χ4n) is 5.67. The highest BCUT2D eigenvalue weighted by molar-refractivity contribution is 5.96. The van der Waals surface area contributed by atoms with Crippen molar-refractivity contribution in [3.63, 3.8) is 0 Å². The highest BCUT2D eigenvalue weighted by atomic mass is 16.5. The number of hydrogen-bond donors (Lipinski definition) is 1. The van der Waals surface area contributed by atoms with Crippen molar-refractivity contribution in [2.45, 2.75) is 77.9 Å². The van der Waals surface area contributed by atoms with Crippen LogP contribution < -0.4 is 5.32 Å². The molecule has 0 aliphatic carbocycles. The molecular weight excluding hydrogens is 402 g/mol. The molecule has 0 spiro atoms. The van der Waals surface area contributed by atoms with Gasteiger partial charge in [-0.2, -0.15) is 0 Å². The quantitative estimate of drug-likeness (QED) is 0.358. The molecular formula is C26H42N3O3+. The van der Waals surface area contributed by atoms with E-state index in [1.807, 2.05) is 32.0 Å². The number of para-hydroxylation sites is 1. The number of nitrogens with zero attached hydrogens (tertiary/aromatic N) is 2. The number of unbranched alkanes of at least 4 members (excludes halogenated alkanes) is 1. The zero-order chi connectivity index (χ0) is 23.1. The molecule has 3 atom stereocenters. The molecule has 1 aromatic rings. The second-order valence-corrected chi connectivity index (χ2v) is 9.92. The van der Waals surface area contributed by atoms with Crippen LogP contribution >= 0.6 is 0 Å². The first kappa shape index (κ1) is 24.9. The summed E-state index contributed by atoms with van der Waals surface area (Å²) in [6.45, 7) is 13.4. The number of rotatable bonds is 9. The minimum Gasteiger partial charge on any atom is -0.369 e. The number of carbonyl (C=O) groups is 2. The van der Waals surface area contributed by atoms with Crippen LogP contribution in [0.1, 0.15) is 57.1 Å². The second kappa shape index (κ2) is 11.4. The summed E-state index contributed by atoms with van der Waals surface area (Å²) in [5.74, 6) is 0.127. The molecule has 2 saturated heterocycles. The van der Waals surface area contributed by atoms with E-state index in [0.717, 1.165) is 92.5 Å². The van der Waals surface area contributed by atoms with Gasteiger partial charge in [-0.1, -0.05) is 24.6 Å². The van der Waals surface area contributed by atoms with E-state index in [4.69, 9.17) is 4.74 Å². The molecule has 0 aromatic heterocycles. The smallest absolute Gasteiger partial charge is 0.241 e. The largest absolute Gasteiger partial charge is 0.369 e. The van der Waals surface area contributed by atoms with Crippen molar-refractivity contribution in [1.82, 2.24) is 4.90 Å². The minimum atomic E-state index is -0.0536. The van der Waals surface area contributed by atoms with Crippen LogP contribution in [0.5, 0.6) is 0 Å². The number of quaternary nitrogens is 1. The summed E-state index contributed by atoms with van der Waals surface area (Å²) >= 11 is 0. The minimum absolute atomic E-state index is 0.0536. The summed E-state index contributed by atoms with van der Waals surface area (Å²) in [5.41, 5.74) is 3.18. The predicted octanol–water partition coefficient (Wildman–Crippen LogP) is 3.70. The van der Waals surface area contributed by atoms with E-state index in [-0.39, 0.29) is 11.9 Å². The average Bonchev–Trinajstić information content (AvgIpc) is 2.77. The summed E-state index contributed by atoms with van der Waals surface area (Å²) in [6, 6.07) is 6.76. The lowest BCUT2D eigenvalue weighted by Gasteiger charge is -2.49. The van der Waals surface area contributed by atoms with E-state index < -0.39 is 0 Å². The van der Waals surface area contributed by atoms with Crippen LogP contribution in [0.3, 0.4) is 0 Å².